The van der Waals surface area contributed by atoms with Crippen LogP contribution in [0.25, 0.3) is 0 Å². The Hall–Kier alpha value is -0.150. The lowest BCUT2D eigenvalue weighted by molar-refractivity contribution is 0.185. The smallest absolute Gasteiger partial charge is 0.350 e. The molecule has 0 radical (unpaired) electrons. The third-order valence-electron chi connectivity index (χ3n) is 0.495. The van der Waals surface area contributed by atoms with E-state index >= 15 is 0 Å². The molecule has 0 rings (SSSR count). The van der Waals surface area contributed by atoms with E-state index in [1.165, 1.54) is 6.08 Å². The molecule has 0 amide bonds. The molecular formula is C4H9O4P. The van der Waals surface area contributed by atoms with E-state index < -0.39 is 13.9 Å². The van der Waals surface area contributed by atoms with Gasteiger partial charge in [-0.05, 0) is 0 Å². The Bertz CT molecular complexity index is 127. The SMILES string of the molecule is C=CCOCP(=O)(O)O. The molecule has 0 aliphatic heterocycles. The van der Waals surface area contributed by atoms with Gasteiger partial charge in [-0.3, -0.25) is 4.57 Å². The van der Waals surface area contributed by atoms with E-state index in [9.17, 15) is 4.57 Å². The van der Waals surface area contributed by atoms with Crippen molar-refractivity contribution in [2.45, 2.75) is 0 Å². The third kappa shape index (κ3) is 7.85. The first kappa shape index (κ1) is 8.85. The fourth-order valence-electron chi connectivity index (χ4n) is 0.255. The molecule has 4 nitrogen and oxygen atoms in total. The van der Waals surface area contributed by atoms with Gasteiger partial charge in [0.1, 0.15) is 6.35 Å². The molecule has 0 aliphatic carbocycles. The summed E-state index contributed by atoms with van der Waals surface area (Å²) < 4.78 is 14.5. The van der Waals surface area contributed by atoms with E-state index in [0.29, 0.717) is 0 Å². The average molecular weight is 152 g/mol. The summed E-state index contributed by atoms with van der Waals surface area (Å²) in [5.74, 6) is 0. The molecule has 0 saturated carbocycles. The Kier molecular flexibility index (Phi) is 3.73. The molecule has 0 unspecified atom stereocenters. The Morgan fingerprint density at radius 2 is 2.22 bits per heavy atom. The van der Waals surface area contributed by atoms with Gasteiger partial charge in [0.15, 0.2) is 0 Å². The summed E-state index contributed by atoms with van der Waals surface area (Å²) >= 11 is 0. The van der Waals surface area contributed by atoms with Crippen LogP contribution in [-0.2, 0) is 9.30 Å². The minimum absolute atomic E-state index is 0.172. The van der Waals surface area contributed by atoms with E-state index in [4.69, 9.17) is 9.79 Å². The van der Waals surface area contributed by atoms with Gasteiger partial charge in [0.25, 0.3) is 0 Å². The monoisotopic (exact) mass is 152 g/mol. The molecule has 0 atom stereocenters. The van der Waals surface area contributed by atoms with Crippen molar-refractivity contribution in [3.05, 3.63) is 12.7 Å². The quantitative estimate of drug-likeness (QED) is 0.346. The average Bonchev–Trinajstić information content (AvgIpc) is 1.63. The highest BCUT2D eigenvalue weighted by atomic mass is 31.2. The van der Waals surface area contributed by atoms with E-state index in [2.05, 4.69) is 11.3 Å². The molecule has 0 bridgehead atoms. The highest BCUT2D eigenvalue weighted by Crippen LogP contribution is 2.33. The first-order valence-electron chi connectivity index (χ1n) is 2.29. The maximum Gasteiger partial charge on any atom is 0.350 e. The van der Waals surface area contributed by atoms with Crippen LogP contribution < -0.4 is 0 Å². The highest BCUT2D eigenvalue weighted by molar-refractivity contribution is 7.51. The van der Waals surface area contributed by atoms with Gasteiger partial charge in [-0.25, -0.2) is 0 Å². The Labute approximate surface area is 53.3 Å². The van der Waals surface area contributed by atoms with Crippen molar-refractivity contribution in [2.75, 3.05) is 13.0 Å². The maximum atomic E-state index is 10.0. The molecule has 0 heterocycles. The summed E-state index contributed by atoms with van der Waals surface area (Å²) in [6.07, 6.45) is 0.898. The van der Waals surface area contributed by atoms with Crippen LogP contribution in [-0.4, -0.2) is 22.7 Å². The predicted octanol–water partition coefficient (Wildman–Crippen LogP) is 0.324. The number of ether oxygens (including phenoxy) is 1. The zero-order valence-electron chi connectivity index (χ0n) is 4.86. The zero-order chi connectivity index (χ0) is 7.33. The second-order valence-corrected chi connectivity index (χ2v) is 3.04. The van der Waals surface area contributed by atoms with E-state index in [0.717, 1.165) is 0 Å². The fraction of sp³-hybridized carbons (Fsp3) is 0.500. The minimum atomic E-state index is -3.97. The Morgan fingerprint density at radius 1 is 1.67 bits per heavy atom. The van der Waals surface area contributed by atoms with Gasteiger partial charge in [-0.1, -0.05) is 6.08 Å². The molecule has 0 spiro atoms. The van der Waals surface area contributed by atoms with Gasteiger partial charge in [-0.2, -0.15) is 0 Å². The van der Waals surface area contributed by atoms with Crippen molar-refractivity contribution in [3.8, 4) is 0 Å². The summed E-state index contributed by atoms with van der Waals surface area (Å²) in [4.78, 5) is 16.4. The van der Waals surface area contributed by atoms with Crippen LogP contribution in [0.2, 0.25) is 0 Å². The second kappa shape index (κ2) is 3.80. The van der Waals surface area contributed by atoms with Crippen molar-refractivity contribution in [3.63, 3.8) is 0 Å². The standard InChI is InChI=1S/C4H9O4P/c1-2-3-8-4-9(5,6)7/h2H,1,3-4H2,(H2,5,6,7). The predicted molar refractivity (Wildman–Crippen MR) is 33.1 cm³/mol. The van der Waals surface area contributed by atoms with Gasteiger partial charge in [0, 0.05) is 0 Å². The molecule has 0 saturated heterocycles. The Balaban J connectivity index is 3.28. The molecule has 0 aromatic carbocycles. The number of hydrogen-bond donors (Lipinski definition) is 2. The van der Waals surface area contributed by atoms with Crippen molar-refractivity contribution in [2.24, 2.45) is 0 Å². The lowest BCUT2D eigenvalue weighted by Gasteiger charge is -2.01. The van der Waals surface area contributed by atoms with Crippen molar-refractivity contribution in [1.29, 1.82) is 0 Å². The topological polar surface area (TPSA) is 66.8 Å². The van der Waals surface area contributed by atoms with Crippen LogP contribution in [0.1, 0.15) is 0 Å². The number of rotatable bonds is 4. The maximum absolute atomic E-state index is 10.0. The molecule has 54 valence electrons. The van der Waals surface area contributed by atoms with Crippen LogP contribution in [0.3, 0.4) is 0 Å². The van der Waals surface area contributed by atoms with Gasteiger partial charge >= 0.3 is 7.60 Å². The van der Waals surface area contributed by atoms with E-state index in [1.807, 2.05) is 0 Å². The fourth-order valence-corrected chi connectivity index (χ4v) is 0.598. The lowest BCUT2D eigenvalue weighted by atomic mass is 10.7. The summed E-state index contributed by atoms with van der Waals surface area (Å²) in [6, 6.07) is 0. The minimum Gasteiger partial charge on any atom is -0.365 e. The first-order valence-corrected chi connectivity index (χ1v) is 4.09. The molecular weight excluding hydrogens is 143 g/mol. The van der Waals surface area contributed by atoms with Crippen molar-refractivity contribution in [1.82, 2.24) is 0 Å². The normalized spacial score (nSPS) is 11.3. The first-order chi connectivity index (χ1) is 4.06. The van der Waals surface area contributed by atoms with E-state index in [-0.39, 0.29) is 6.61 Å². The van der Waals surface area contributed by atoms with Crippen LogP contribution in [0.5, 0.6) is 0 Å². The summed E-state index contributed by atoms with van der Waals surface area (Å²) in [7, 11) is -3.97. The zero-order valence-corrected chi connectivity index (χ0v) is 5.75. The molecule has 2 N–H and O–H groups in total. The van der Waals surface area contributed by atoms with Crippen LogP contribution in [0, 0.1) is 0 Å². The van der Waals surface area contributed by atoms with Crippen LogP contribution >= 0.6 is 7.60 Å². The van der Waals surface area contributed by atoms with Gasteiger partial charge in [0.2, 0.25) is 0 Å². The lowest BCUT2D eigenvalue weighted by Crippen LogP contribution is -1.94. The molecule has 9 heavy (non-hydrogen) atoms. The van der Waals surface area contributed by atoms with E-state index in [1.54, 1.807) is 0 Å². The molecule has 0 aliphatic rings. The second-order valence-electron chi connectivity index (χ2n) is 1.45. The van der Waals surface area contributed by atoms with Gasteiger partial charge in [0.05, 0.1) is 6.61 Å². The summed E-state index contributed by atoms with van der Waals surface area (Å²) in [5, 5.41) is 0. The molecule has 0 fully saturated rings. The number of hydrogen-bond acceptors (Lipinski definition) is 2. The van der Waals surface area contributed by atoms with Crippen molar-refractivity contribution < 1.29 is 19.1 Å². The van der Waals surface area contributed by atoms with Gasteiger partial charge < -0.3 is 14.5 Å². The molecule has 0 aromatic heterocycles. The Morgan fingerprint density at radius 3 is 2.56 bits per heavy atom. The summed E-state index contributed by atoms with van der Waals surface area (Å²) in [6.45, 7) is 3.47. The van der Waals surface area contributed by atoms with Crippen LogP contribution in [0.4, 0.5) is 0 Å². The summed E-state index contributed by atoms with van der Waals surface area (Å²) in [5.41, 5.74) is 0. The molecule has 5 heteroatoms. The third-order valence-corrected chi connectivity index (χ3v) is 1.01. The highest BCUT2D eigenvalue weighted by Gasteiger charge is 2.10. The molecule has 0 aromatic rings. The van der Waals surface area contributed by atoms with Gasteiger partial charge in [-0.15, -0.1) is 6.58 Å². The van der Waals surface area contributed by atoms with Crippen LogP contribution in [0.15, 0.2) is 12.7 Å². The van der Waals surface area contributed by atoms with Crippen molar-refractivity contribution >= 4 is 7.60 Å². The largest absolute Gasteiger partial charge is 0.365 e.